The molecule has 2 fully saturated rings. The molecular formula is C17H17F3N4O. The van der Waals surface area contributed by atoms with E-state index in [1.54, 1.807) is 17.2 Å². The molecule has 0 radical (unpaired) electrons. The minimum absolute atomic E-state index is 0.0875. The van der Waals surface area contributed by atoms with E-state index in [-0.39, 0.29) is 24.0 Å². The second-order valence-electron chi connectivity index (χ2n) is 6.65. The number of nitrogens with zero attached hydrogens (tertiary/aromatic N) is 4. The van der Waals surface area contributed by atoms with Crippen molar-refractivity contribution in [3.63, 3.8) is 0 Å². The van der Waals surface area contributed by atoms with Crippen molar-refractivity contribution in [2.24, 2.45) is 0 Å². The van der Waals surface area contributed by atoms with Crippen LogP contribution in [0.5, 0.6) is 0 Å². The predicted octanol–water partition coefficient (Wildman–Crippen LogP) is 3.31. The maximum atomic E-state index is 12.8. The van der Waals surface area contributed by atoms with E-state index in [1.165, 1.54) is 12.1 Å². The van der Waals surface area contributed by atoms with Gasteiger partial charge >= 0.3 is 6.18 Å². The van der Waals surface area contributed by atoms with Crippen LogP contribution in [0.2, 0.25) is 0 Å². The fourth-order valence-corrected chi connectivity index (χ4v) is 4.03. The third kappa shape index (κ3) is 2.89. The van der Waals surface area contributed by atoms with Crippen LogP contribution in [0.4, 0.5) is 13.2 Å². The first kappa shape index (κ1) is 16.1. The van der Waals surface area contributed by atoms with Crippen LogP contribution in [0.1, 0.15) is 47.6 Å². The first-order chi connectivity index (χ1) is 11.9. The van der Waals surface area contributed by atoms with Crippen LogP contribution in [-0.4, -0.2) is 37.9 Å². The largest absolute Gasteiger partial charge is 0.416 e. The minimum atomic E-state index is -4.39. The second-order valence-corrected chi connectivity index (χ2v) is 6.65. The molecule has 1 amide bonds. The van der Waals surface area contributed by atoms with Gasteiger partial charge in [0.1, 0.15) is 0 Å². The number of benzene rings is 1. The van der Waals surface area contributed by atoms with Crippen LogP contribution >= 0.6 is 0 Å². The Hall–Kier alpha value is -2.38. The summed E-state index contributed by atoms with van der Waals surface area (Å²) in [5.74, 6) is -0.187. The van der Waals surface area contributed by atoms with Gasteiger partial charge in [-0.2, -0.15) is 28.2 Å². The third-order valence-corrected chi connectivity index (χ3v) is 5.17. The topological polar surface area (TPSA) is 51.0 Å². The van der Waals surface area contributed by atoms with E-state index in [9.17, 15) is 18.0 Å². The summed E-state index contributed by atoms with van der Waals surface area (Å²) in [6.07, 6.45) is 2.26. The quantitative estimate of drug-likeness (QED) is 0.835. The number of alkyl halides is 3. The molecule has 0 N–H and O–H groups in total. The highest BCUT2D eigenvalue weighted by molar-refractivity contribution is 5.95. The Labute approximate surface area is 142 Å². The van der Waals surface area contributed by atoms with Gasteiger partial charge in [-0.05, 0) is 49.9 Å². The number of rotatable bonds is 2. The number of fused-ring (bicyclic) bond motifs is 2. The van der Waals surface area contributed by atoms with Gasteiger partial charge in [-0.15, -0.1) is 0 Å². The number of hydrogen-bond acceptors (Lipinski definition) is 3. The van der Waals surface area contributed by atoms with E-state index < -0.39 is 11.7 Å². The molecule has 5 nitrogen and oxygen atoms in total. The molecule has 0 aliphatic carbocycles. The summed E-state index contributed by atoms with van der Waals surface area (Å²) < 4.78 is 38.0. The standard InChI is InChI=1S/C17H17F3N4O/c18-17(19,20)12-3-1-11(2-4-12)16(25)23-13-5-6-14(23)10-15(9-13)24-21-7-8-22-24/h1-4,7-8,13-15H,5-6,9-10H2. The van der Waals surface area contributed by atoms with Crippen molar-refractivity contribution in [2.45, 2.75) is 50.0 Å². The van der Waals surface area contributed by atoms with Gasteiger partial charge in [0, 0.05) is 17.6 Å². The molecule has 0 saturated carbocycles. The minimum Gasteiger partial charge on any atom is -0.333 e. The van der Waals surface area contributed by atoms with Gasteiger partial charge in [-0.3, -0.25) is 4.79 Å². The molecule has 1 aromatic carbocycles. The van der Waals surface area contributed by atoms with E-state index in [4.69, 9.17) is 0 Å². The van der Waals surface area contributed by atoms with Gasteiger partial charge in [0.25, 0.3) is 5.91 Å². The zero-order valence-electron chi connectivity index (χ0n) is 13.4. The summed E-state index contributed by atoms with van der Waals surface area (Å²) >= 11 is 0. The van der Waals surface area contributed by atoms with E-state index in [0.717, 1.165) is 37.8 Å². The van der Waals surface area contributed by atoms with Gasteiger partial charge in [-0.1, -0.05) is 0 Å². The summed E-state index contributed by atoms with van der Waals surface area (Å²) in [5.41, 5.74) is -0.434. The summed E-state index contributed by atoms with van der Waals surface area (Å²) in [5, 5.41) is 8.39. The zero-order valence-corrected chi connectivity index (χ0v) is 13.4. The summed E-state index contributed by atoms with van der Waals surface area (Å²) in [7, 11) is 0. The molecule has 2 aromatic rings. The number of piperidine rings is 1. The van der Waals surface area contributed by atoms with Crippen molar-refractivity contribution in [2.75, 3.05) is 0 Å². The van der Waals surface area contributed by atoms with Crippen LogP contribution in [-0.2, 0) is 6.18 Å². The Kier molecular flexibility index (Phi) is 3.77. The van der Waals surface area contributed by atoms with Gasteiger partial charge < -0.3 is 4.90 Å². The molecule has 0 spiro atoms. The predicted molar refractivity (Wildman–Crippen MR) is 82.7 cm³/mol. The van der Waals surface area contributed by atoms with E-state index in [2.05, 4.69) is 10.2 Å². The van der Waals surface area contributed by atoms with Crippen LogP contribution in [0, 0.1) is 0 Å². The van der Waals surface area contributed by atoms with E-state index in [0.29, 0.717) is 5.56 Å². The lowest BCUT2D eigenvalue weighted by Gasteiger charge is -2.38. The SMILES string of the molecule is O=C(c1ccc(C(F)(F)F)cc1)N1C2CCC1CC(n1nccn1)C2. The molecule has 2 unspecified atom stereocenters. The molecule has 3 heterocycles. The second kappa shape index (κ2) is 5.86. The van der Waals surface area contributed by atoms with Gasteiger partial charge in [0.15, 0.2) is 0 Å². The van der Waals surface area contributed by atoms with Crippen molar-refractivity contribution >= 4 is 5.91 Å². The average Bonchev–Trinajstić information content (AvgIpc) is 3.20. The molecule has 2 bridgehead atoms. The number of carbonyl (C=O) groups excluding carboxylic acids is 1. The maximum absolute atomic E-state index is 12.8. The molecule has 2 aliphatic heterocycles. The summed E-state index contributed by atoms with van der Waals surface area (Å²) in [4.78, 5) is 16.4. The van der Waals surface area contributed by atoms with Crippen molar-refractivity contribution < 1.29 is 18.0 Å². The molecule has 132 valence electrons. The van der Waals surface area contributed by atoms with Crippen molar-refractivity contribution in [1.82, 2.24) is 19.9 Å². The first-order valence-electron chi connectivity index (χ1n) is 8.29. The monoisotopic (exact) mass is 350 g/mol. The van der Waals surface area contributed by atoms with Crippen LogP contribution in [0.15, 0.2) is 36.7 Å². The van der Waals surface area contributed by atoms with Crippen LogP contribution in [0.25, 0.3) is 0 Å². The fraction of sp³-hybridized carbons (Fsp3) is 0.471. The number of hydrogen-bond donors (Lipinski definition) is 0. The van der Waals surface area contributed by atoms with Crippen molar-refractivity contribution in [3.05, 3.63) is 47.8 Å². The molecule has 25 heavy (non-hydrogen) atoms. The number of halogens is 3. The van der Waals surface area contributed by atoms with Gasteiger partial charge in [0.2, 0.25) is 0 Å². The summed E-state index contributed by atoms with van der Waals surface area (Å²) in [6, 6.07) is 4.82. The Morgan fingerprint density at radius 3 is 2.04 bits per heavy atom. The molecule has 8 heteroatoms. The lowest BCUT2D eigenvalue weighted by Crippen LogP contribution is -2.47. The molecule has 2 atom stereocenters. The van der Waals surface area contributed by atoms with Gasteiger partial charge in [0.05, 0.1) is 24.0 Å². The van der Waals surface area contributed by atoms with E-state index in [1.807, 2.05) is 4.90 Å². The maximum Gasteiger partial charge on any atom is 0.416 e. The summed E-state index contributed by atoms with van der Waals surface area (Å²) in [6.45, 7) is 0. The van der Waals surface area contributed by atoms with Crippen LogP contribution < -0.4 is 0 Å². The van der Waals surface area contributed by atoms with Crippen molar-refractivity contribution in [1.29, 1.82) is 0 Å². The Morgan fingerprint density at radius 2 is 1.52 bits per heavy atom. The molecule has 4 rings (SSSR count). The Morgan fingerprint density at radius 1 is 0.960 bits per heavy atom. The lowest BCUT2D eigenvalue weighted by atomic mass is 9.96. The Balaban J connectivity index is 1.52. The molecule has 1 aromatic heterocycles. The van der Waals surface area contributed by atoms with Crippen LogP contribution in [0.3, 0.4) is 0 Å². The first-order valence-corrected chi connectivity index (χ1v) is 8.29. The highest BCUT2D eigenvalue weighted by Gasteiger charge is 2.44. The normalized spacial score (nSPS) is 26.0. The number of carbonyl (C=O) groups is 1. The smallest absolute Gasteiger partial charge is 0.333 e. The highest BCUT2D eigenvalue weighted by Crippen LogP contribution is 2.41. The van der Waals surface area contributed by atoms with Gasteiger partial charge in [-0.25, -0.2) is 0 Å². The zero-order chi connectivity index (χ0) is 17.6. The average molecular weight is 350 g/mol. The van der Waals surface area contributed by atoms with Crippen molar-refractivity contribution in [3.8, 4) is 0 Å². The number of amides is 1. The molecular weight excluding hydrogens is 333 g/mol. The fourth-order valence-electron chi connectivity index (χ4n) is 4.03. The molecule has 2 saturated heterocycles. The third-order valence-electron chi connectivity index (χ3n) is 5.17. The highest BCUT2D eigenvalue weighted by atomic mass is 19.4. The van der Waals surface area contributed by atoms with E-state index >= 15 is 0 Å². The lowest BCUT2D eigenvalue weighted by molar-refractivity contribution is -0.137. The Bertz CT molecular complexity index is 743. The molecule has 2 aliphatic rings. The number of aromatic nitrogens is 3.